The van der Waals surface area contributed by atoms with Crippen molar-refractivity contribution in [3.8, 4) is 0 Å². The van der Waals surface area contributed by atoms with E-state index in [0.717, 1.165) is 19.3 Å². The number of likely N-dealkylation sites (N-methyl/N-ethyl adjacent to an activating group) is 1. The molecule has 0 radical (unpaired) electrons. The number of likely N-dealkylation sites (tertiary alicyclic amines) is 1. The van der Waals surface area contributed by atoms with Gasteiger partial charge in [-0.05, 0) is 68.8 Å². The Balaban J connectivity index is 1.59. The van der Waals surface area contributed by atoms with Crippen LogP contribution in [-0.2, 0) is 11.2 Å². The van der Waals surface area contributed by atoms with Crippen molar-refractivity contribution < 1.29 is 14.0 Å². The molecule has 1 aliphatic heterocycles. The Morgan fingerprint density at radius 2 is 1.81 bits per heavy atom. The summed E-state index contributed by atoms with van der Waals surface area (Å²) in [7, 11) is 4.02. The fourth-order valence-corrected chi connectivity index (χ4v) is 4.07. The normalized spacial score (nSPS) is 17.5. The minimum atomic E-state index is -0.368. The largest absolute Gasteiger partial charge is 0.354 e. The number of aryl methyl sites for hydroxylation is 1. The molecule has 0 aliphatic carbocycles. The van der Waals surface area contributed by atoms with Gasteiger partial charge in [0.05, 0.1) is 12.0 Å². The van der Waals surface area contributed by atoms with Crippen molar-refractivity contribution in [2.45, 2.75) is 32.2 Å². The van der Waals surface area contributed by atoms with Gasteiger partial charge in [-0.3, -0.25) is 9.59 Å². The number of nitrogens with zero attached hydrogens (tertiary/aromatic N) is 2. The number of nitrogens with one attached hydrogen (secondary N) is 1. The summed E-state index contributed by atoms with van der Waals surface area (Å²) in [5.74, 6) is -0.774. The first-order valence-corrected chi connectivity index (χ1v) is 11.0. The standard InChI is InChI=1S/C25H32FN3O2/c1-4-18-7-9-19(10-8-18)23(28(2)3)16-27-24(30)21-6-5-15-29(17-21)25(31)20-11-13-22(26)14-12-20/h7-14,21,23H,4-6,15-17H2,1-3H3,(H,27,30). The lowest BCUT2D eigenvalue weighted by Gasteiger charge is -2.33. The van der Waals surface area contributed by atoms with Crippen LogP contribution in [0, 0.1) is 11.7 Å². The van der Waals surface area contributed by atoms with Crippen molar-refractivity contribution in [3.63, 3.8) is 0 Å². The van der Waals surface area contributed by atoms with Gasteiger partial charge in [0.1, 0.15) is 5.82 Å². The average Bonchev–Trinajstić information content (AvgIpc) is 2.79. The molecule has 0 spiro atoms. The Hall–Kier alpha value is -2.73. The Kier molecular flexibility index (Phi) is 7.80. The lowest BCUT2D eigenvalue weighted by molar-refractivity contribution is -0.126. The lowest BCUT2D eigenvalue weighted by atomic mass is 9.96. The van der Waals surface area contributed by atoms with E-state index in [1.807, 2.05) is 14.1 Å². The van der Waals surface area contributed by atoms with E-state index in [0.29, 0.717) is 25.2 Å². The van der Waals surface area contributed by atoms with Gasteiger partial charge in [0.2, 0.25) is 5.91 Å². The highest BCUT2D eigenvalue weighted by atomic mass is 19.1. The van der Waals surface area contributed by atoms with Gasteiger partial charge in [-0.25, -0.2) is 4.39 Å². The molecular formula is C25H32FN3O2. The van der Waals surface area contributed by atoms with Crippen molar-refractivity contribution in [1.82, 2.24) is 15.1 Å². The van der Waals surface area contributed by atoms with E-state index < -0.39 is 0 Å². The summed E-state index contributed by atoms with van der Waals surface area (Å²) < 4.78 is 13.1. The second-order valence-corrected chi connectivity index (χ2v) is 8.42. The molecule has 0 bridgehead atoms. The van der Waals surface area contributed by atoms with Crippen molar-refractivity contribution in [2.75, 3.05) is 33.7 Å². The molecule has 5 nitrogen and oxygen atoms in total. The van der Waals surface area contributed by atoms with Gasteiger partial charge < -0.3 is 15.1 Å². The third-order valence-corrected chi connectivity index (χ3v) is 6.04. The van der Waals surface area contributed by atoms with Gasteiger partial charge in [-0.15, -0.1) is 0 Å². The fraction of sp³-hybridized carbons (Fsp3) is 0.440. The molecule has 2 atom stereocenters. The van der Waals surface area contributed by atoms with E-state index in [4.69, 9.17) is 0 Å². The minimum absolute atomic E-state index is 0.0198. The summed E-state index contributed by atoms with van der Waals surface area (Å²) in [6.45, 7) is 3.65. The second kappa shape index (κ2) is 10.5. The van der Waals surface area contributed by atoms with Crippen LogP contribution in [0.25, 0.3) is 0 Å². The van der Waals surface area contributed by atoms with Gasteiger partial charge in [0.25, 0.3) is 5.91 Å². The molecule has 1 N–H and O–H groups in total. The number of amides is 2. The zero-order valence-corrected chi connectivity index (χ0v) is 18.6. The van der Waals surface area contributed by atoms with Crippen molar-refractivity contribution in [2.24, 2.45) is 5.92 Å². The van der Waals surface area contributed by atoms with Crippen LogP contribution in [0.1, 0.15) is 47.3 Å². The molecule has 1 aliphatic rings. The zero-order chi connectivity index (χ0) is 22.4. The number of halogens is 1. The maximum atomic E-state index is 13.1. The van der Waals surface area contributed by atoms with E-state index in [-0.39, 0.29) is 29.6 Å². The van der Waals surface area contributed by atoms with E-state index in [1.54, 1.807) is 4.90 Å². The number of piperidine rings is 1. The first-order valence-electron chi connectivity index (χ1n) is 11.0. The fourth-order valence-electron chi connectivity index (χ4n) is 4.07. The maximum Gasteiger partial charge on any atom is 0.253 e. The molecule has 1 fully saturated rings. The van der Waals surface area contributed by atoms with Crippen LogP contribution in [0.15, 0.2) is 48.5 Å². The molecule has 166 valence electrons. The van der Waals surface area contributed by atoms with Crippen LogP contribution < -0.4 is 5.32 Å². The van der Waals surface area contributed by atoms with E-state index in [1.165, 1.54) is 35.4 Å². The number of hydrogen-bond acceptors (Lipinski definition) is 3. The molecule has 1 saturated heterocycles. The quantitative estimate of drug-likeness (QED) is 0.737. The SMILES string of the molecule is CCc1ccc(C(CNC(=O)C2CCCN(C(=O)c3ccc(F)cc3)C2)N(C)C)cc1. The molecule has 6 heteroatoms. The molecule has 31 heavy (non-hydrogen) atoms. The van der Waals surface area contributed by atoms with Gasteiger partial charge >= 0.3 is 0 Å². The van der Waals surface area contributed by atoms with Crippen molar-refractivity contribution in [3.05, 3.63) is 71.0 Å². The van der Waals surface area contributed by atoms with E-state index >= 15 is 0 Å². The van der Waals surface area contributed by atoms with Crippen molar-refractivity contribution >= 4 is 11.8 Å². The first kappa shape index (κ1) is 22.9. The van der Waals surface area contributed by atoms with Crippen LogP contribution in [-0.4, -0.2) is 55.3 Å². The summed E-state index contributed by atoms with van der Waals surface area (Å²) in [6.07, 6.45) is 2.54. The monoisotopic (exact) mass is 425 g/mol. The third-order valence-electron chi connectivity index (χ3n) is 6.04. The number of carbonyl (C=O) groups excluding carboxylic acids is 2. The van der Waals surface area contributed by atoms with E-state index in [9.17, 15) is 14.0 Å². The molecule has 3 rings (SSSR count). The van der Waals surface area contributed by atoms with Crippen LogP contribution in [0.2, 0.25) is 0 Å². The van der Waals surface area contributed by atoms with Crippen LogP contribution >= 0.6 is 0 Å². The minimum Gasteiger partial charge on any atom is -0.354 e. The molecule has 2 aromatic rings. The second-order valence-electron chi connectivity index (χ2n) is 8.42. The van der Waals surface area contributed by atoms with Gasteiger partial charge in [0, 0.05) is 25.2 Å². The highest BCUT2D eigenvalue weighted by molar-refractivity contribution is 5.94. The molecule has 2 unspecified atom stereocenters. The molecule has 0 aromatic heterocycles. The summed E-state index contributed by atoms with van der Waals surface area (Å²) in [6, 6.07) is 14.2. The Bertz CT molecular complexity index is 881. The van der Waals surface area contributed by atoms with Gasteiger partial charge in [0.15, 0.2) is 0 Å². The average molecular weight is 426 g/mol. The van der Waals surface area contributed by atoms with Crippen LogP contribution in [0.3, 0.4) is 0 Å². The third kappa shape index (κ3) is 5.91. The maximum absolute atomic E-state index is 13.1. The number of rotatable bonds is 7. The molecule has 1 heterocycles. The molecule has 2 aromatic carbocycles. The number of benzene rings is 2. The summed E-state index contributed by atoms with van der Waals surface area (Å²) in [4.78, 5) is 29.4. The highest BCUT2D eigenvalue weighted by Gasteiger charge is 2.29. The van der Waals surface area contributed by atoms with E-state index in [2.05, 4.69) is 41.4 Å². The first-order chi connectivity index (χ1) is 14.9. The number of hydrogen-bond donors (Lipinski definition) is 1. The van der Waals surface area contributed by atoms with Gasteiger partial charge in [-0.2, -0.15) is 0 Å². The lowest BCUT2D eigenvalue weighted by Crippen LogP contribution is -2.46. The predicted molar refractivity (Wildman–Crippen MR) is 120 cm³/mol. The Morgan fingerprint density at radius 1 is 1.13 bits per heavy atom. The zero-order valence-electron chi connectivity index (χ0n) is 18.6. The molecule has 0 saturated carbocycles. The van der Waals surface area contributed by atoms with Crippen molar-refractivity contribution in [1.29, 1.82) is 0 Å². The Labute approximate surface area is 184 Å². The smallest absolute Gasteiger partial charge is 0.253 e. The van der Waals surface area contributed by atoms with Crippen LogP contribution in [0.4, 0.5) is 4.39 Å². The topological polar surface area (TPSA) is 52.7 Å². The van der Waals surface area contributed by atoms with Crippen LogP contribution in [0.5, 0.6) is 0 Å². The summed E-state index contributed by atoms with van der Waals surface area (Å²) in [5.41, 5.74) is 2.91. The number of carbonyl (C=O) groups is 2. The van der Waals surface area contributed by atoms with Gasteiger partial charge in [-0.1, -0.05) is 31.2 Å². The predicted octanol–water partition coefficient (Wildman–Crippen LogP) is 3.66. The highest BCUT2D eigenvalue weighted by Crippen LogP contribution is 2.21. The molecular weight excluding hydrogens is 393 g/mol. The summed E-state index contributed by atoms with van der Waals surface area (Å²) >= 11 is 0. The summed E-state index contributed by atoms with van der Waals surface area (Å²) in [5, 5.41) is 3.10. The Morgan fingerprint density at radius 3 is 2.42 bits per heavy atom. The molecule has 2 amide bonds.